The molecule has 2 aliphatic rings. The Hall–Kier alpha value is -1.46. The Kier molecular flexibility index (Phi) is 3.42. The molecule has 0 unspecified atom stereocenters. The van der Waals surface area contributed by atoms with Gasteiger partial charge >= 0.3 is 0 Å². The minimum Gasteiger partial charge on any atom is -0.382 e. The van der Waals surface area contributed by atoms with Crippen LogP contribution in [0, 0.1) is 5.92 Å². The van der Waals surface area contributed by atoms with E-state index in [0.29, 0.717) is 17.8 Å². The van der Waals surface area contributed by atoms with Crippen LogP contribution in [0.25, 0.3) is 10.9 Å². The average Bonchev–Trinajstić information content (AvgIpc) is 2.93. The highest BCUT2D eigenvalue weighted by molar-refractivity contribution is 9.10. The van der Waals surface area contributed by atoms with Gasteiger partial charge in [0.2, 0.25) is 0 Å². The molecule has 0 saturated heterocycles. The van der Waals surface area contributed by atoms with Gasteiger partial charge in [0.1, 0.15) is 11.5 Å². The van der Waals surface area contributed by atoms with Crippen LogP contribution in [0.15, 0.2) is 27.7 Å². The number of hydrogen-bond acceptors (Lipinski definition) is 4. The van der Waals surface area contributed by atoms with Crippen molar-refractivity contribution in [3.8, 4) is 0 Å². The van der Waals surface area contributed by atoms with Crippen LogP contribution < -0.4 is 11.5 Å². The molecular formula is C17H19BrN4. The number of aliphatic imine (C=N–C) groups is 1. The Morgan fingerprint density at radius 1 is 1.14 bits per heavy atom. The minimum atomic E-state index is 0.366. The summed E-state index contributed by atoms with van der Waals surface area (Å²) in [6.07, 6.45) is 5.39. The molecule has 0 atom stereocenters. The molecule has 0 spiro atoms. The number of hydrogen-bond donors (Lipinski definition) is 2. The van der Waals surface area contributed by atoms with Crippen LogP contribution in [0.3, 0.4) is 0 Å². The second kappa shape index (κ2) is 5.32. The Morgan fingerprint density at radius 3 is 2.68 bits per heavy atom. The van der Waals surface area contributed by atoms with Crippen molar-refractivity contribution in [1.82, 2.24) is 4.98 Å². The standard InChI is InChI=1S/C17H19BrN4/c18-10-3-6-12-13-8-14(9-1-4-11(19)5-2-9)21-16(13)17(20)22-15(12)7-10/h3,6-7,9,11H,1-2,4-5,8,19H2,(H2,20,22). The third kappa shape index (κ3) is 2.32. The Balaban J connectivity index is 1.72. The second-order valence-electron chi connectivity index (χ2n) is 6.38. The third-order valence-corrected chi connectivity index (χ3v) is 5.40. The first kappa shape index (κ1) is 14.2. The molecule has 1 aliphatic heterocycles. The lowest BCUT2D eigenvalue weighted by molar-refractivity contribution is 0.390. The molecule has 4 N–H and O–H groups in total. The first-order chi connectivity index (χ1) is 10.6. The van der Waals surface area contributed by atoms with E-state index < -0.39 is 0 Å². The molecule has 2 heterocycles. The third-order valence-electron chi connectivity index (χ3n) is 4.91. The molecule has 1 aliphatic carbocycles. The fraction of sp³-hybridized carbons (Fsp3) is 0.412. The molecule has 1 saturated carbocycles. The molecule has 4 nitrogen and oxygen atoms in total. The Morgan fingerprint density at radius 2 is 1.91 bits per heavy atom. The van der Waals surface area contributed by atoms with E-state index in [1.165, 1.54) is 16.7 Å². The summed E-state index contributed by atoms with van der Waals surface area (Å²) in [7, 11) is 0. The minimum absolute atomic E-state index is 0.366. The normalized spacial score (nSPS) is 24.4. The van der Waals surface area contributed by atoms with Crippen molar-refractivity contribution in [2.75, 3.05) is 5.73 Å². The van der Waals surface area contributed by atoms with Crippen LogP contribution >= 0.6 is 15.9 Å². The van der Waals surface area contributed by atoms with Crippen LogP contribution in [-0.2, 0) is 6.42 Å². The van der Waals surface area contributed by atoms with Gasteiger partial charge in [-0.3, -0.25) is 4.99 Å². The van der Waals surface area contributed by atoms with Gasteiger partial charge in [0.05, 0.1) is 5.52 Å². The maximum absolute atomic E-state index is 6.15. The number of fused-ring (bicyclic) bond motifs is 3. The van der Waals surface area contributed by atoms with Gasteiger partial charge in [0.15, 0.2) is 0 Å². The van der Waals surface area contributed by atoms with Gasteiger partial charge in [-0.05, 0) is 49.3 Å². The number of nitrogens with two attached hydrogens (primary N) is 2. The largest absolute Gasteiger partial charge is 0.382 e. The molecule has 1 fully saturated rings. The molecular weight excluding hydrogens is 340 g/mol. The van der Waals surface area contributed by atoms with Gasteiger partial charge in [0.25, 0.3) is 0 Å². The maximum Gasteiger partial charge on any atom is 0.150 e. The summed E-state index contributed by atoms with van der Waals surface area (Å²) < 4.78 is 1.02. The number of benzene rings is 1. The molecule has 4 rings (SSSR count). The molecule has 0 bridgehead atoms. The van der Waals surface area contributed by atoms with E-state index in [1.807, 2.05) is 6.07 Å². The van der Waals surface area contributed by atoms with E-state index in [1.54, 1.807) is 0 Å². The van der Waals surface area contributed by atoms with Gasteiger partial charge in [0, 0.05) is 28.0 Å². The monoisotopic (exact) mass is 358 g/mol. The summed E-state index contributed by atoms with van der Waals surface area (Å²) in [4.78, 5) is 9.37. The number of anilines is 1. The van der Waals surface area contributed by atoms with Crippen molar-refractivity contribution >= 4 is 44.0 Å². The summed E-state index contributed by atoms with van der Waals surface area (Å²) in [5.74, 6) is 1.10. The van der Waals surface area contributed by atoms with Crippen LogP contribution in [0.1, 0.15) is 31.2 Å². The van der Waals surface area contributed by atoms with Crippen LogP contribution in [0.2, 0.25) is 0 Å². The molecule has 0 amide bonds. The average molecular weight is 359 g/mol. The number of aromatic nitrogens is 1. The molecule has 5 heteroatoms. The zero-order valence-electron chi connectivity index (χ0n) is 12.3. The lowest BCUT2D eigenvalue weighted by atomic mass is 9.82. The van der Waals surface area contributed by atoms with E-state index >= 15 is 0 Å². The summed E-state index contributed by atoms with van der Waals surface area (Å²) >= 11 is 3.50. The van der Waals surface area contributed by atoms with Crippen molar-refractivity contribution in [2.24, 2.45) is 16.6 Å². The Labute approximate surface area is 138 Å². The van der Waals surface area contributed by atoms with Gasteiger partial charge in [-0.1, -0.05) is 22.0 Å². The van der Waals surface area contributed by atoms with E-state index in [0.717, 1.165) is 47.8 Å². The van der Waals surface area contributed by atoms with Crippen LogP contribution in [0.4, 0.5) is 11.5 Å². The number of nitrogens with zero attached hydrogens (tertiary/aromatic N) is 2. The smallest absolute Gasteiger partial charge is 0.150 e. The highest BCUT2D eigenvalue weighted by Gasteiger charge is 2.28. The summed E-state index contributed by atoms with van der Waals surface area (Å²) in [6.45, 7) is 0. The zero-order chi connectivity index (χ0) is 15.3. The number of rotatable bonds is 1. The maximum atomic E-state index is 6.15. The quantitative estimate of drug-likeness (QED) is 0.815. The van der Waals surface area contributed by atoms with Crippen molar-refractivity contribution in [3.63, 3.8) is 0 Å². The van der Waals surface area contributed by atoms with Crippen molar-refractivity contribution in [1.29, 1.82) is 0 Å². The number of nitrogen functional groups attached to an aromatic ring is 1. The lowest BCUT2D eigenvalue weighted by Gasteiger charge is -2.26. The molecule has 114 valence electrons. The summed E-state index contributed by atoms with van der Waals surface area (Å²) in [5.41, 5.74) is 16.5. The molecule has 1 aromatic carbocycles. The Bertz CT molecular complexity index is 776. The topological polar surface area (TPSA) is 77.3 Å². The van der Waals surface area contributed by atoms with Gasteiger partial charge in [-0.2, -0.15) is 0 Å². The van der Waals surface area contributed by atoms with Crippen molar-refractivity contribution in [2.45, 2.75) is 38.1 Å². The van der Waals surface area contributed by atoms with E-state index in [-0.39, 0.29) is 0 Å². The van der Waals surface area contributed by atoms with Crippen LogP contribution in [0.5, 0.6) is 0 Å². The predicted octanol–water partition coefficient (Wildman–Crippen LogP) is 3.73. The van der Waals surface area contributed by atoms with Crippen LogP contribution in [-0.4, -0.2) is 16.7 Å². The second-order valence-corrected chi connectivity index (χ2v) is 7.29. The highest BCUT2D eigenvalue weighted by atomic mass is 79.9. The molecule has 1 aromatic heterocycles. The zero-order valence-corrected chi connectivity index (χ0v) is 13.9. The summed E-state index contributed by atoms with van der Waals surface area (Å²) in [6, 6.07) is 6.55. The van der Waals surface area contributed by atoms with E-state index in [9.17, 15) is 0 Å². The molecule has 0 radical (unpaired) electrons. The fourth-order valence-corrected chi connectivity index (χ4v) is 4.02. The lowest BCUT2D eigenvalue weighted by Crippen LogP contribution is -2.29. The fourth-order valence-electron chi connectivity index (χ4n) is 3.67. The van der Waals surface area contributed by atoms with E-state index in [2.05, 4.69) is 33.0 Å². The predicted molar refractivity (Wildman–Crippen MR) is 94.6 cm³/mol. The van der Waals surface area contributed by atoms with Crippen molar-refractivity contribution < 1.29 is 0 Å². The van der Waals surface area contributed by atoms with Crippen molar-refractivity contribution in [3.05, 3.63) is 28.2 Å². The van der Waals surface area contributed by atoms with Gasteiger partial charge < -0.3 is 11.5 Å². The summed E-state index contributed by atoms with van der Waals surface area (Å²) in [5, 5.41) is 1.17. The SMILES string of the molecule is Nc1nc2cc(Br)ccc2c2c1N=C(C1CCC(N)CC1)C2. The first-order valence-electron chi connectivity index (χ1n) is 7.82. The van der Waals surface area contributed by atoms with E-state index in [4.69, 9.17) is 16.5 Å². The molecule has 22 heavy (non-hydrogen) atoms. The van der Waals surface area contributed by atoms with Gasteiger partial charge in [-0.25, -0.2) is 4.98 Å². The highest BCUT2D eigenvalue weighted by Crippen LogP contribution is 2.40. The number of pyridine rings is 1. The first-order valence-corrected chi connectivity index (χ1v) is 8.62. The van der Waals surface area contributed by atoms with Gasteiger partial charge in [-0.15, -0.1) is 0 Å². The number of halogens is 1. The molecule has 2 aromatic rings.